The largest absolute Gasteiger partial charge is 0.443 e. The van der Waals surface area contributed by atoms with Crippen LogP contribution in [0.3, 0.4) is 0 Å². The number of amides is 1. The Bertz CT molecular complexity index is 510. The maximum absolute atomic E-state index is 12.9. The van der Waals surface area contributed by atoms with Gasteiger partial charge in [-0.05, 0) is 38.5 Å². The molecule has 4 nitrogen and oxygen atoms in total. The summed E-state index contributed by atoms with van der Waals surface area (Å²) in [5.41, 5.74) is 2.40. The predicted molar refractivity (Wildman–Crippen MR) is 67.6 cm³/mol. The Hall–Kier alpha value is -1.83. The first-order chi connectivity index (χ1) is 9.49. The number of carbonyl (C=O) groups is 1. The second-order valence-corrected chi connectivity index (χ2v) is 5.28. The van der Waals surface area contributed by atoms with Crippen LogP contribution < -0.4 is 10.9 Å². The van der Waals surface area contributed by atoms with E-state index in [0.29, 0.717) is 6.07 Å². The van der Waals surface area contributed by atoms with Crippen LogP contribution in [0.2, 0.25) is 0 Å². The molecule has 0 unspecified atom stereocenters. The number of alkyl halides is 3. The van der Waals surface area contributed by atoms with Crippen LogP contribution in [0.5, 0.6) is 0 Å². The van der Waals surface area contributed by atoms with Crippen molar-refractivity contribution in [1.82, 2.24) is 10.9 Å². The molecule has 21 heavy (non-hydrogen) atoms. The maximum Gasteiger partial charge on any atom is 0.422 e. The van der Waals surface area contributed by atoms with Gasteiger partial charge in [-0.3, -0.25) is 5.43 Å². The third-order valence-corrected chi connectivity index (χ3v) is 2.25. The molecule has 0 fully saturated rings. The molecule has 1 amide bonds. The number of hydrogen-bond acceptors (Lipinski definition) is 3. The van der Waals surface area contributed by atoms with Gasteiger partial charge in [0.25, 0.3) is 0 Å². The molecular formula is C13H16F4N2O2. The van der Waals surface area contributed by atoms with E-state index in [2.05, 4.69) is 10.9 Å². The van der Waals surface area contributed by atoms with Gasteiger partial charge in [-0.15, -0.1) is 0 Å². The zero-order chi connectivity index (χ0) is 16.3. The van der Waals surface area contributed by atoms with Gasteiger partial charge in [-0.2, -0.15) is 13.2 Å². The smallest absolute Gasteiger partial charge is 0.422 e. The van der Waals surface area contributed by atoms with Crippen LogP contribution in [0, 0.1) is 5.82 Å². The van der Waals surface area contributed by atoms with Crippen LogP contribution in [-0.4, -0.2) is 11.7 Å². The van der Waals surface area contributed by atoms with Crippen molar-refractivity contribution < 1.29 is 27.1 Å². The second-order valence-electron chi connectivity index (χ2n) is 5.28. The van der Waals surface area contributed by atoms with Gasteiger partial charge in [0.15, 0.2) is 0 Å². The van der Waals surface area contributed by atoms with Gasteiger partial charge in [0.2, 0.25) is 0 Å². The van der Waals surface area contributed by atoms with Gasteiger partial charge < -0.3 is 4.74 Å². The molecule has 0 aliphatic carbocycles. The number of rotatable bonds is 3. The van der Waals surface area contributed by atoms with Crippen LogP contribution in [-0.2, 0) is 17.5 Å². The first-order valence-corrected chi connectivity index (χ1v) is 6.06. The molecule has 118 valence electrons. The number of hydrazine groups is 1. The number of hydrogen-bond donors (Lipinski definition) is 2. The average Bonchev–Trinajstić information content (AvgIpc) is 2.27. The number of nitrogens with one attached hydrogen (secondary N) is 2. The monoisotopic (exact) mass is 308 g/mol. The minimum Gasteiger partial charge on any atom is -0.443 e. The number of carbonyl (C=O) groups excluding carboxylic acids is 1. The highest BCUT2D eigenvalue weighted by atomic mass is 19.4. The van der Waals surface area contributed by atoms with Crippen LogP contribution in [0.25, 0.3) is 0 Å². The Labute approximate surface area is 119 Å². The highest BCUT2D eigenvalue weighted by Gasteiger charge is 2.33. The number of ether oxygens (including phenoxy) is 1. The van der Waals surface area contributed by atoms with Crippen molar-refractivity contribution in [1.29, 1.82) is 0 Å². The second kappa shape index (κ2) is 6.30. The molecule has 0 bridgehead atoms. The molecule has 2 N–H and O–H groups in total. The fraction of sp³-hybridized carbons (Fsp3) is 0.462. The molecule has 0 saturated heterocycles. The molecule has 0 spiro atoms. The number of halogens is 4. The molecule has 1 aromatic carbocycles. The summed E-state index contributed by atoms with van der Waals surface area (Å²) < 4.78 is 56.0. The summed E-state index contributed by atoms with van der Waals surface area (Å²) in [7, 11) is 0. The normalized spacial score (nSPS) is 12.1. The summed E-state index contributed by atoms with van der Waals surface area (Å²) in [6, 6.07) is 2.33. The van der Waals surface area contributed by atoms with E-state index in [4.69, 9.17) is 4.74 Å². The van der Waals surface area contributed by atoms with Crippen LogP contribution >= 0.6 is 0 Å². The van der Waals surface area contributed by atoms with E-state index < -0.39 is 29.3 Å². The van der Waals surface area contributed by atoms with Crippen molar-refractivity contribution in [3.8, 4) is 0 Å². The summed E-state index contributed by atoms with van der Waals surface area (Å²) in [6.45, 7) is 4.62. The Kier molecular flexibility index (Phi) is 5.16. The minimum absolute atomic E-state index is 0.194. The van der Waals surface area contributed by atoms with E-state index in [-0.39, 0.29) is 12.1 Å². The van der Waals surface area contributed by atoms with E-state index in [9.17, 15) is 22.4 Å². The van der Waals surface area contributed by atoms with E-state index in [0.717, 1.165) is 12.1 Å². The molecule has 0 heterocycles. The third-order valence-electron chi connectivity index (χ3n) is 2.25. The lowest BCUT2D eigenvalue weighted by Gasteiger charge is -2.20. The lowest BCUT2D eigenvalue weighted by atomic mass is 10.1. The van der Waals surface area contributed by atoms with Gasteiger partial charge in [0, 0.05) is 6.54 Å². The number of benzene rings is 1. The van der Waals surface area contributed by atoms with Crippen molar-refractivity contribution >= 4 is 6.09 Å². The fourth-order valence-electron chi connectivity index (χ4n) is 1.48. The molecule has 1 rings (SSSR count). The predicted octanol–water partition coefficient (Wildman–Crippen LogP) is 3.37. The third kappa shape index (κ3) is 5.99. The molecule has 0 aliphatic heterocycles. The first-order valence-electron chi connectivity index (χ1n) is 6.06. The zero-order valence-corrected chi connectivity index (χ0v) is 11.8. The molecule has 8 heteroatoms. The van der Waals surface area contributed by atoms with Gasteiger partial charge in [-0.1, -0.05) is 6.07 Å². The molecule has 0 radical (unpaired) electrons. The van der Waals surface area contributed by atoms with Crippen LogP contribution in [0.1, 0.15) is 31.9 Å². The van der Waals surface area contributed by atoms with Gasteiger partial charge >= 0.3 is 12.3 Å². The fourth-order valence-corrected chi connectivity index (χ4v) is 1.48. The molecular weight excluding hydrogens is 292 g/mol. The van der Waals surface area contributed by atoms with Crippen LogP contribution in [0.15, 0.2) is 18.2 Å². The van der Waals surface area contributed by atoms with Gasteiger partial charge in [0.1, 0.15) is 11.4 Å². The summed E-state index contributed by atoms with van der Waals surface area (Å²) >= 11 is 0. The molecule has 0 saturated carbocycles. The van der Waals surface area contributed by atoms with Crippen molar-refractivity contribution in [3.63, 3.8) is 0 Å². The Morgan fingerprint density at radius 1 is 1.24 bits per heavy atom. The SMILES string of the molecule is CC(C)(C)OC(=O)NNCc1ccc(F)cc1C(F)(F)F. The lowest BCUT2D eigenvalue weighted by molar-refractivity contribution is -0.138. The van der Waals surface area contributed by atoms with E-state index in [1.165, 1.54) is 0 Å². The van der Waals surface area contributed by atoms with Crippen molar-refractivity contribution in [3.05, 3.63) is 35.1 Å². The van der Waals surface area contributed by atoms with E-state index in [1.54, 1.807) is 20.8 Å². The summed E-state index contributed by atoms with van der Waals surface area (Å²) in [5, 5.41) is 0. The van der Waals surface area contributed by atoms with Crippen molar-refractivity contribution in [2.45, 2.75) is 39.1 Å². The zero-order valence-electron chi connectivity index (χ0n) is 11.8. The molecule has 0 aliphatic rings. The van der Waals surface area contributed by atoms with E-state index in [1.807, 2.05) is 0 Å². The summed E-state index contributed by atoms with van der Waals surface area (Å²) in [6.07, 6.45) is -5.50. The summed E-state index contributed by atoms with van der Waals surface area (Å²) in [5.74, 6) is -0.980. The Morgan fingerprint density at radius 2 is 1.86 bits per heavy atom. The average molecular weight is 308 g/mol. The van der Waals surface area contributed by atoms with Gasteiger partial charge in [-0.25, -0.2) is 14.6 Å². The first kappa shape index (κ1) is 17.2. The Morgan fingerprint density at radius 3 is 2.38 bits per heavy atom. The lowest BCUT2D eigenvalue weighted by Crippen LogP contribution is -2.41. The quantitative estimate of drug-likeness (QED) is 0.665. The molecule has 0 aromatic heterocycles. The van der Waals surface area contributed by atoms with Crippen molar-refractivity contribution in [2.75, 3.05) is 0 Å². The maximum atomic E-state index is 12.9. The minimum atomic E-state index is -4.68. The standard InChI is InChI=1S/C13H16F4N2O2/c1-12(2,3)21-11(20)19-18-7-8-4-5-9(14)6-10(8)13(15,16)17/h4-6,18H,7H2,1-3H3,(H,19,20). The molecule has 0 atom stereocenters. The van der Waals surface area contributed by atoms with Gasteiger partial charge in [0.05, 0.1) is 5.56 Å². The Balaban J connectivity index is 2.66. The highest BCUT2D eigenvalue weighted by Crippen LogP contribution is 2.32. The summed E-state index contributed by atoms with van der Waals surface area (Å²) in [4.78, 5) is 11.3. The van der Waals surface area contributed by atoms with Crippen molar-refractivity contribution in [2.24, 2.45) is 0 Å². The topological polar surface area (TPSA) is 50.4 Å². The van der Waals surface area contributed by atoms with Crippen LogP contribution in [0.4, 0.5) is 22.4 Å². The van der Waals surface area contributed by atoms with E-state index >= 15 is 0 Å². The molecule has 1 aromatic rings. The highest BCUT2D eigenvalue weighted by molar-refractivity contribution is 5.66.